The third kappa shape index (κ3) is 7.77. The standard InChI is InChI=1S/C27H29NO6S/c1-19-8-6-7-11-22(19)24-16-21(18-34-17-20-9-4-3-5-10-20)12-13-23(24)26(29)28-25(27(30)31)14-15-35(2,32)33/h3-13,16,25H,14-15,17-18H2,1-2H3,(H,28,29)(H,30,31). The van der Waals surface area contributed by atoms with Gasteiger partial charge in [-0.15, -0.1) is 0 Å². The zero-order valence-electron chi connectivity index (χ0n) is 19.7. The minimum atomic E-state index is -3.37. The molecule has 1 amide bonds. The summed E-state index contributed by atoms with van der Waals surface area (Å²) in [5.41, 5.74) is 4.66. The molecule has 35 heavy (non-hydrogen) atoms. The second-order valence-electron chi connectivity index (χ2n) is 8.46. The maximum atomic E-state index is 13.1. The molecule has 2 N–H and O–H groups in total. The molecule has 0 saturated heterocycles. The van der Waals surface area contributed by atoms with Crippen molar-refractivity contribution in [1.29, 1.82) is 0 Å². The van der Waals surface area contributed by atoms with Crippen LogP contribution in [-0.2, 0) is 32.6 Å². The first-order chi connectivity index (χ1) is 16.6. The summed E-state index contributed by atoms with van der Waals surface area (Å²) in [4.78, 5) is 24.8. The predicted molar refractivity (Wildman–Crippen MR) is 135 cm³/mol. The van der Waals surface area contributed by atoms with Gasteiger partial charge in [-0.1, -0.05) is 60.7 Å². The Balaban J connectivity index is 1.86. The fourth-order valence-electron chi connectivity index (χ4n) is 3.66. The van der Waals surface area contributed by atoms with Gasteiger partial charge in [0.2, 0.25) is 0 Å². The van der Waals surface area contributed by atoms with E-state index in [-0.39, 0.29) is 12.2 Å². The molecule has 8 heteroatoms. The lowest BCUT2D eigenvalue weighted by Gasteiger charge is -2.18. The van der Waals surface area contributed by atoms with Crippen LogP contribution in [0.25, 0.3) is 11.1 Å². The maximum Gasteiger partial charge on any atom is 0.326 e. The number of aliphatic carboxylic acids is 1. The summed E-state index contributed by atoms with van der Waals surface area (Å²) < 4.78 is 28.8. The smallest absolute Gasteiger partial charge is 0.326 e. The molecule has 1 atom stereocenters. The highest BCUT2D eigenvalue weighted by Gasteiger charge is 2.24. The van der Waals surface area contributed by atoms with Crippen LogP contribution in [0, 0.1) is 6.92 Å². The van der Waals surface area contributed by atoms with Crippen molar-refractivity contribution in [2.75, 3.05) is 12.0 Å². The van der Waals surface area contributed by atoms with E-state index in [9.17, 15) is 23.1 Å². The molecule has 0 bridgehead atoms. The van der Waals surface area contributed by atoms with Gasteiger partial charge >= 0.3 is 5.97 Å². The first kappa shape index (κ1) is 26.1. The highest BCUT2D eigenvalue weighted by molar-refractivity contribution is 7.90. The minimum Gasteiger partial charge on any atom is -0.480 e. The summed E-state index contributed by atoms with van der Waals surface area (Å²) in [5.74, 6) is -2.21. The van der Waals surface area contributed by atoms with E-state index < -0.39 is 27.8 Å². The molecule has 1 unspecified atom stereocenters. The highest BCUT2D eigenvalue weighted by Crippen LogP contribution is 2.28. The topological polar surface area (TPSA) is 110 Å². The summed E-state index contributed by atoms with van der Waals surface area (Å²) >= 11 is 0. The summed E-state index contributed by atoms with van der Waals surface area (Å²) in [6, 6.07) is 21.4. The molecule has 0 saturated carbocycles. The summed E-state index contributed by atoms with van der Waals surface area (Å²) in [7, 11) is -3.37. The van der Waals surface area contributed by atoms with E-state index in [1.807, 2.05) is 67.6 Å². The highest BCUT2D eigenvalue weighted by atomic mass is 32.2. The molecule has 3 aromatic carbocycles. The molecule has 184 valence electrons. The average Bonchev–Trinajstić information content (AvgIpc) is 2.82. The molecule has 0 fully saturated rings. The van der Waals surface area contributed by atoms with E-state index in [1.165, 1.54) is 0 Å². The Labute approximate surface area is 205 Å². The number of hydrogen-bond acceptors (Lipinski definition) is 5. The summed E-state index contributed by atoms with van der Waals surface area (Å²) in [6.45, 7) is 2.72. The van der Waals surface area contributed by atoms with Crippen molar-refractivity contribution in [2.45, 2.75) is 32.6 Å². The average molecular weight is 496 g/mol. The number of hydrogen-bond donors (Lipinski definition) is 2. The molecule has 0 heterocycles. The van der Waals surface area contributed by atoms with Crippen molar-refractivity contribution in [3.63, 3.8) is 0 Å². The van der Waals surface area contributed by atoms with Crippen molar-refractivity contribution in [3.05, 3.63) is 95.1 Å². The van der Waals surface area contributed by atoms with E-state index in [2.05, 4.69) is 5.32 Å². The summed E-state index contributed by atoms with van der Waals surface area (Å²) in [5, 5.41) is 12.0. The molecule has 0 radical (unpaired) electrons. The van der Waals surface area contributed by atoms with E-state index >= 15 is 0 Å². The van der Waals surface area contributed by atoms with Crippen LogP contribution in [0.2, 0.25) is 0 Å². The lowest BCUT2D eigenvalue weighted by Crippen LogP contribution is -2.42. The van der Waals surface area contributed by atoms with Gasteiger partial charge in [-0.3, -0.25) is 4.79 Å². The number of nitrogens with one attached hydrogen (secondary N) is 1. The first-order valence-electron chi connectivity index (χ1n) is 11.2. The van der Waals surface area contributed by atoms with Crippen LogP contribution in [0.1, 0.15) is 33.5 Å². The second-order valence-corrected chi connectivity index (χ2v) is 10.7. The lowest BCUT2D eigenvalue weighted by molar-refractivity contribution is -0.139. The monoisotopic (exact) mass is 495 g/mol. The quantitative estimate of drug-likeness (QED) is 0.416. The van der Waals surface area contributed by atoms with Crippen molar-refractivity contribution >= 4 is 21.7 Å². The van der Waals surface area contributed by atoms with Crippen LogP contribution in [0.3, 0.4) is 0 Å². The number of amides is 1. The van der Waals surface area contributed by atoms with Gasteiger partial charge in [0.05, 0.1) is 19.0 Å². The zero-order valence-corrected chi connectivity index (χ0v) is 20.5. The number of carbonyl (C=O) groups is 2. The van der Waals surface area contributed by atoms with Gasteiger partial charge in [0.1, 0.15) is 15.9 Å². The van der Waals surface area contributed by atoms with Crippen molar-refractivity contribution in [3.8, 4) is 11.1 Å². The van der Waals surface area contributed by atoms with Gasteiger partial charge in [-0.25, -0.2) is 13.2 Å². The Kier molecular flexibility index (Phi) is 8.78. The Morgan fingerprint density at radius 3 is 2.23 bits per heavy atom. The Hall–Kier alpha value is -3.49. The zero-order chi connectivity index (χ0) is 25.4. The van der Waals surface area contributed by atoms with Crippen molar-refractivity contribution < 1.29 is 27.9 Å². The van der Waals surface area contributed by atoms with E-state index in [0.717, 1.165) is 28.5 Å². The summed E-state index contributed by atoms with van der Waals surface area (Å²) in [6.07, 6.45) is 0.813. The number of carboxylic acid groups (broad SMARTS) is 1. The van der Waals surface area contributed by atoms with E-state index in [1.54, 1.807) is 12.1 Å². The molecule has 0 aliphatic heterocycles. The SMILES string of the molecule is Cc1ccccc1-c1cc(COCc2ccccc2)ccc1C(=O)NC(CCS(C)(=O)=O)C(=O)O. The van der Waals surface area contributed by atoms with E-state index in [0.29, 0.717) is 24.3 Å². The van der Waals surface area contributed by atoms with Gasteiger partial charge in [0.15, 0.2) is 0 Å². The Bertz CT molecular complexity index is 1290. The Morgan fingerprint density at radius 1 is 0.914 bits per heavy atom. The van der Waals surface area contributed by atoms with Crippen LogP contribution >= 0.6 is 0 Å². The number of aryl methyl sites for hydroxylation is 1. The normalized spacial score (nSPS) is 12.2. The number of benzene rings is 3. The largest absolute Gasteiger partial charge is 0.480 e. The number of rotatable bonds is 11. The fourth-order valence-corrected chi connectivity index (χ4v) is 4.33. The third-order valence-electron chi connectivity index (χ3n) is 5.52. The second kappa shape index (κ2) is 11.8. The molecular formula is C27H29NO6S. The van der Waals surface area contributed by atoms with Crippen LogP contribution < -0.4 is 5.32 Å². The van der Waals surface area contributed by atoms with Crippen molar-refractivity contribution in [2.24, 2.45) is 0 Å². The van der Waals surface area contributed by atoms with E-state index in [4.69, 9.17) is 4.74 Å². The molecule has 3 rings (SSSR count). The fraction of sp³-hybridized carbons (Fsp3) is 0.259. The van der Waals surface area contributed by atoms with Crippen LogP contribution in [-0.4, -0.2) is 43.5 Å². The lowest BCUT2D eigenvalue weighted by atomic mass is 9.93. The van der Waals surface area contributed by atoms with Crippen molar-refractivity contribution in [1.82, 2.24) is 5.32 Å². The predicted octanol–water partition coefficient (Wildman–Crippen LogP) is 4.00. The molecule has 0 spiro atoms. The van der Waals surface area contributed by atoms with Crippen LogP contribution in [0.15, 0.2) is 72.8 Å². The first-order valence-corrected chi connectivity index (χ1v) is 13.2. The van der Waals surface area contributed by atoms with Gasteiger partial charge in [-0.05, 0) is 53.3 Å². The Morgan fingerprint density at radius 2 is 1.57 bits per heavy atom. The molecule has 7 nitrogen and oxygen atoms in total. The number of carboxylic acids is 1. The number of ether oxygens (including phenoxy) is 1. The van der Waals surface area contributed by atoms with Gasteiger partial charge in [0.25, 0.3) is 5.91 Å². The van der Waals surface area contributed by atoms with Gasteiger partial charge in [0, 0.05) is 11.8 Å². The molecule has 0 aliphatic carbocycles. The minimum absolute atomic E-state index is 0.217. The van der Waals surface area contributed by atoms with Gasteiger partial charge < -0.3 is 15.2 Å². The maximum absolute atomic E-state index is 13.1. The molecule has 3 aromatic rings. The van der Waals surface area contributed by atoms with Crippen LogP contribution in [0.5, 0.6) is 0 Å². The third-order valence-corrected chi connectivity index (χ3v) is 6.50. The number of carbonyl (C=O) groups excluding carboxylic acids is 1. The molecular weight excluding hydrogens is 466 g/mol. The molecule has 0 aromatic heterocycles. The number of sulfone groups is 1. The van der Waals surface area contributed by atoms with Gasteiger partial charge in [-0.2, -0.15) is 0 Å². The molecule has 0 aliphatic rings. The van der Waals surface area contributed by atoms with Crippen LogP contribution in [0.4, 0.5) is 0 Å².